The average molecular weight is 392 g/mol. The zero-order valence-electron chi connectivity index (χ0n) is 14.5. The van der Waals surface area contributed by atoms with E-state index in [1.807, 2.05) is 24.3 Å². The number of ether oxygens (including phenoxy) is 1. The van der Waals surface area contributed by atoms with Crippen LogP contribution in [0, 0.1) is 11.6 Å². The number of halogens is 2. The molecule has 6 nitrogen and oxygen atoms in total. The number of aromatic amines is 1. The maximum Gasteiger partial charge on any atom is 0.325 e. The van der Waals surface area contributed by atoms with Gasteiger partial charge >= 0.3 is 6.03 Å². The fourth-order valence-corrected chi connectivity index (χ4v) is 3.05. The lowest BCUT2D eigenvalue weighted by molar-refractivity contribution is 0.246. The van der Waals surface area contributed by atoms with Crippen LogP contribution in [0.5, 0.6) is 5.75 Å². The van der Waals surface area contributed by atoms with E-state index in [0.29, 0.717) is 5.16 Å². The van der Waals surface area contributed by atoms with Crippen LogP contribution in [0.25, 0.3) is 11.0 Å². The summed E-state index contributed by atoms with van der Waals surface area (Å²) in [5, 5.41) is 3.09. The normalized spacial score (nSPS) is 10.8. The first-order valence-corrected chi connectivity index (χ1v) is 9.15. The van der Waals surface area contributed by atoms with Crippen LogP contribution in [0.2, 0.25) is 0 Å². The summed E-state index contributed by atoms with van der Waals surface area (Å²) in [7, 11) is 0. The minimum absolute atomic E-state index is 0.00112. The van der Waals surface area contributed by atoms with Crippen LogP contribution in [0.3, 0.4) is 0 Å². The fraction of sp³-hybridized carbons (Fsp3) is 0.222. The quantitative estimate of drug-likeness (QED) is 0.535. The third kappa shape index (κ3) is 4.68. The van der Waals surface area contributed by atoms with Crippen molar-refractivity contribution in [3.05, 3.63) is 53.6 Å². The van der Waals surface area contributed by atoms with Crippen LogP contribution in [0.15, 0.2) is 41.6 Å². The number of amides is 2. The molecule has 3 aromatic rings. The third-order valence-corrected chi connectivity index (χ3v) is 4.39. The Labute approximate surface area is 158 Å². The number of nitrogens with one attached hydrogen (secondary N) is 3. The van der Waals surface area contributed by atoms with E-state index in [0.717, 1.165) is 29.0 Å². The first-order valence-electron chi connectivity index (χ1n) is 8.33. The molecule has 0 radical (unpaired) electrons. The number of carbonyl (C=O) groups excluding carboxylic acids is 1. The smallest absolute Gasteiger partial charge is 0.325 e. The number of rotatable bonds is 7. The molecule has 2 amide bonds. The van der Waals surface area contributed by atoms with E-state index in [1.165, 1.54) is 6.07 Å². The second-order valence-electron chi connectivity index (χ2n) is 5.54. The van der Waals surface area contributed by atoms with Crippen molar-refractivity contribution in [3.8, 4) is 5.75 Å². The molecule has 0 spiro atoms. The highest BCUT2D eigenvalue weighted by Crippen LogP contribution is 2.23. The van der Waals surface area contributed by atoms with Gasteiger partial charge in [-0.05, 0) is 37.6 Å². The molecule has 0 aliphatic carbocycles. The largest absolute Gasteiger partial charge is 0.491 e. The molecule has 0 bridgehead atoms. The standard InChI is InChI=1S/C18H18F2N4O2S/c1-2-26-15-8-7-12(19)11(16(15)20)9-10-21-17(25)24-27-18-22-13-5-3-4-6-14(13)23-18/h3-8H,2,9-10H2,1H3,(H,22,23)(H2,21,24,25). The maximum absolute atomic E-state index is 14.2. The van der Waals surface area contributed by atoms with Crippen molar-refractivity contribution in [2.45, 2.75) is 18.5 Å². The highest BCUT2D eigenvalue weighted by atomic mass is 32.2. The zero-order chi connectivity index (χ0) is 19.2. The van der Waals surface area contributed by atoms with E-state index in [4.69, 9.17) is 4.74 Å². The molecule has 27 heavy (non-hydrogen) atoms. The fourth-order valence-electron chi connectivity index (χ4n) is 2.48. The van der Waals surface area contributed by atoms with E-state index in [2.05, 4.69) is 20.0 Å². The number of imidazole rings is 1. The van der Waals surface area contributed by atoms with Crippen LogP contribution in [0.4, 0.5) is 13.6 Å². The number of benzene rings is 2. The number of fused-ring (bicyclic) bond motifs is 1. The van der Waals surface area contributed by atoms with Gasteiger partial charge in [0, 0.05) is 24.1 Å². The van der Waals surface area contributed by atoms with Gasteiger partial charge in [0.2, 0.25) is 0 Å². The SMILES string of the molecule is CCOc1ccc(F)c(CCNC(=O)NSc2nc3ccccc3[nH]2)c1F. The lowest BCUT2D eigenvalue weighted by atomic mass is 10.1. The molecule has 2 aromatic carbocycles. The Morgan fingerprint density at radius 2 is 2.07 bits per heavy atom. The van der Waals surface area contributed by atoms with Crippen molar-refractivity contribution in [1.29, 1.82) is 0 Å². The van der Waals surface area contributed by atoms with E-state index >= 15 is 0 Å². The van der Waals surface area contributed by atoms with Gasteiger partial charge < -0.3 is 15.0 Å². The van der Waals surface area contributed by atoms with E-state index in [-0.39, 0.29) is 30.9 Å². The van der Waals surface area contributed by atoms with E-state index in [1.54, 1.807) is 6.92 Å². The van der Waals surface area contributed by atoms with Gasteiger partial charge in [0.15, 0.2) is 16.7 Å². The summed E-state index contributed by atoms with van der Waals surface area (Å²) >= 11 is 1.02. The summed E-state index contributed by atoms with van der Waals surface area (Å²) in [6.45, 7) is 2.06. The number of para-hydroxylation sites is 2. The number of hydrogen-bond acceptors (Lipinski definition) is 4. The lowest BCUT2D eigenvalue weighted by Gasteiger charge is -2.11. The molecule has 3 N–H and O–H groups in total. The minimum atomic E-state index is -0.740. The molecule has 0 aliphatic rings. The van der Waals surface area contributed by atoms with Crippen LogP contribution in [-0.2, 0) is 6.42 Å². The Hall–Kier alpha value is -2.81. The first kappa shape index (κ1) is 19.0. The molecule has 1 heterocycles. The van der Waals surface area contributed by atoms with E-state index in [9.17, 15) is 13.6 Å². The molecule has 0 fully saturated rings. The average Bonchev–Trinajstić information content (AvgIpc) is 3.08. The Morgan fingerprint density at radius 3 is 2.85 bits per heavy atom. The van der Waals surface area contributed by atoms with Crippen LogP contribution in [-0.4, -0.2) is 29.2 Å². The van der Waals surface area contributed by atoms with Crippen molar-refractivity contribution < 1.29 is 18.3 Å². The van der Waals surface area contributed by atoms with Gasteiger partial charge in [0.1, 0.15) is 5.82 Å². The van der Waals surface area contributed by atoms with Crippen LogP contribution < -0.4 is 14.8 Å². The predicted octanol–water partition coefficient (Wildman–Crippen LogP) is 3.79. The van der Waals surface area contributed by atoms with Gasteiger partial charge in [-0.15, -0.1) is 0 Å². The minimum Gasteiger partial charge on any atom is -0.491 e. The van der Waals surface area contributed by atoms with Gasteiger partial charge in [-0.25, -0.2) is 18.6 Å². The maximum atomic E-state index is 14.2. The van der Waals surface area contributed by atoms with Gasteiger partial charge in [0.25, 0.3) is 0 Å². The van der Waals surface area contributed by atoms with Crippen molar-refractivity contribution >= 4 is 29.0 Å². The number of hydrogen-bond donors (Lipinski definition) is 3. The number of carbonyl (C=O) groups is 1. The summed E-state index contributed by atoms with van der Waals surface area (Å²) in [6.07, 6.45) is 0.00129. The number of H-pyrrole nitrogens is 1. The van der Waals surface area contributed by atoms with Crippen molar-refractivity contribution in [2.24, 2.45) is 0 Å². The van der Waals surface area contributed by atoms with Crippen LogP contribution >= 0.6 is 11.9 Å². The molecular formula is C18H18F2N4O2S. The van der Waals surface area contributed by atoms with Crippen molar-refractivity contribution in [2.75, 3.05) is 13.2 Å². The summed E-state index contributed by atoms with van der Waals surface area (Å²) < 4.78 is 35.7. The molecule has 0 saturated heterocycles. The Balaban J connectivity index is 1.50. The second-order valence-corrected chi connectivity index (χ2v) is 6.34. The first-order chi connectivity index (χ1) is 13.1. The zero-order valence-corrected chi connectivity index (χ0v) is 15.3. The van der Waals surface area contributed by atoms with Gasteiger partial charge in [-0.2, -0.15) is 0 Å². The monoisotopic (exact) mass is 392 g/mol. The van der Waals surface area contributed by atoms with Crippen LogP contribution in [0.1, 0.15) is 12.5 Å². The Morgan fingerprint density at radius 1 is 1.26 bits per heavy atom. The van der Waals surface area contributed by atoms with Gasteiger partial charge in [-0.1, -0.05) is 12.1 Å². The highest BCUT2D eigenvalue weighted by Gasteiger charge is 2.15. The summed E-state index contributed by atoms with van der Waals surface area (Å²) in [5.74, 6) is -1.41. The molecular weight excluding hydrogens is 374 g/mol. The molecule has 0 aliphatic heterocycles. The Kier molecular flexibility index (Phi) is 6.12. The molecule has 9 heteroatoms. The number of aromatic nitrogens is 2. The van der Waals surface area contributed by atoms with E-state index < -0.39 is 17.7 Å². The molecule has 0 saturated carbocycles. The molecule has 0 unspecified atom stereocenters. The molecule has 1 aromatic heterocycles. The second kappa shape index (κ2) is 8.72. The number of nitrogens with zero attached hydrogens (tertiary/aromatic N) is 1. The molecule has 3 rings (SSSR count). The molecule has 0 atom stereocenters. The Bertz CT molecular complexity index is 915. The highest BCUT2D eigenvalue weighted by molar-refractivity contribution is 7.97. The summed E-state index contributed by atoms with van der Waals surface area (Å²) in [5.41, 5.74) is 1.54. The predicted molar refractivity (Wildman–Crippen MR) is 99.7 cm³/mol. The number of urea groups is 1. The summed E-state index contributed by atoms with van der Waals surface area (Å²) in [4.78, 5) is 19.2. The van der Waals surface area contributed by atoms with Gasteiger partial charge in [0.05, 0.1) is 17.6 Å². The van der Waals surface area contributed by atoms with Crippen molar-refractivity contribution in [3.63, 3.8) is 0 Å². The molecule has 142 valence electrons. The van der Waals surface area contributed by atoms with Crippen molar-refractivity contribution in [1.82, 2.24) is 20.0 Å². The third-order valence-electron chi connectivity index (χ3n) is 3.72. The summed E-state index contributed by atoms with van der Waals surface area (Å²) in [6, 6.07) is 9.41. The topological polar surface area (TPSA) is 79.0 Å². The van der Waals surface area contributed by atoms with Gasteiger partial charge in [-0.3, -0.25) is 4.72 Å². The lowest BCUT2D eigenvalue weighted by Crippen LogP contribution is -2.33.